The van der Waals surface area contributed by atoms with E-state index in [1.54, 1.807) is 30.2 Å². The maximum atomic E-state index is 12.7. The molecule has 1 fully saturated rings. The van der Waals surface area contributed by atoms with Crippen molar-refractivity contribution in [3.8, 4) is 5.75 Å². The van der Waals surface area contributed by atoms with Gasteiger partial charge in [0.1, 0.15) is 12.4 Å². The van der Waals surface area contributed by atoms with Crippen molar-refractivity contribution in [1.29, 1.82) is 0 Å². The SMILES string of the molecule is CN(CCOc1ccc(Cl)cc1)C(=O)C1CCN(C(=O)/C=C/c2ccccc2)CC1. The van der Waals surface area contributed by atoms with E-state index in [1.165, 1.54) is 0 Å². The Bertz CT molecular complexity index is 860. The monoisotopic (exact) mass is 426 g/mol. The molecule has 0 spiro atoms. The summed E-state index contributed by atoms with van der Waals surface area (Å²) >= 11 is 5.86. The van der Waals surface area contributed by atoms with E-state index in [9.17, 15) is 9.59 Å². The summed E-state index contributed by atoms with van der Waals surface area (Å²) in [5.74, 6) is 0.791. The highest BCUT2D eigenvalue weighted by molar-refractivity contribution is 6.30. The van der Waals surface area contributed by atoms with Gasteiger partial charge in [-0.1, -0.05) is 41.9 Å². The van der Waals surface area contributed by atoms with Crippen LogP contribution in [0.5, 0.6) is 5.75 Å². The summed E-state index contributed by atoms with van der Waals surface area (Å²) < 4.78 is 5.67. The fourth-order valence-corrected chi connectivity index (χ4v) is 3.56. The molecule has 0 aliphatic carbocycles. The van der Waals surface area contributed by atoms with Crippen LogP contribution in [0.3, 0.4) is 0 Å². The molecule has 2 aromatic rings. The average Bonchev–Trinajstić information content (AvgIpc) is 2.79. The maximum absolute atomic E-state index is 12.7. The minimum Gasteiger partial charge on any atom is -0.492 e. The molecular weight excluding hydrogens is 400 g/mol. The van der Waals surface area contributed by atoms with Crippen molar-refractivity contribution < 1.29 is 14.3 Å². The van der Waals surface area contributed by atoms with Crippen LogP contribution in [0.4, 0.5) is 0 Å². The Morgan fingerprint density at radius 1 is 1.10 bits per heavy atom. The molecule has 30 heavy (non-hydrogen) atoms. The zero-order valence-electron chi connectivity index (χ0n) is 17.2. The van der Waals surface area contributed by atoms with Gasteiger partial charge in [-0.25, -0.2) is 0 Å². The second kappa shape index (κ2) is 10.8. The molecule has 0 saturated carbocycles. The number of rotatable bonds is 7. The van der Waals surface area contributed by atoms with Gasteiger partial charge in [0.05, 0.1) is 6.54 Å². The van der Waals surface area contributed by atoms with Crippen LogP contribution in [0.15, 0.2) is 60.7 Å². The Labute approximate surface area is 182 Å². The first-order valence-corrected chi connectivity index (χ1v) is 10.6. The Hall–Kier alpha value is -2.79. The van der Waals surface area contributed by atoms with Crippen molar-refractivity contribution in [1.82, 2.24) is 9.80 Å². The highest BCUT2D eigenvalue weighted by Crippen LogP contribution is 2.20. The van der Waals surface area contributed by atoms with Crippen LogP contribution in [0.25, 0.3) is 6.08 Å². The highest BCUT2D eigenvalue weighted by atomic mass is 35.5. The summed E-state index contributed by atoms with van der Waals surface area (Å²) in [6, 6.07) is 16.9. The molecule has 2 aromatic carbocycles. The molecule has 1 saturated heterocycles. The maximum Gasteiger partial charge on any atom is 0.246 e. The number of halogens is 1. The summed E-state index contributed by atoms with van der Waals surface area (Å²) in [6.07, 6.45) is 4.81. The van der Waals surface area contributed by atoms with Crippen LogP contribution in [0.2, 0.25) is 5.02 Å². The molecule has 1 heterocycles. The summed E-state index contributed by atoms with van der Waals surface area (Å²) in [4.78, 5) is 28.6. The molecule has 0 unspecified atom stereocenters. The van der Waals surface area contributed by atoms with Crippen LogP contribution < -0.4 is 4.74 Å². The molecule has 0 aromatic heterocycles. The first kappa shape index (κ1) is 21.9. The fourth-order valence-electron chi connectivity index (χ4n) is 3.44. The Morgan fingerprint density at radius 2 is 1.77 bits per heavy atom. The molecule has 1 aliphatic rings. The third kappa shape index (κ3) is 6.36. The number of piperidine rings is 1. The number of ether oxygens (including phenoxy) is 1. The largest absolute Gasteiger partial charge is 0.492 e. The van der Waals surface area contributed by atoms with Gasteiger partial charge in [-0.15, -0.1) is 0 Å². The second-order valence-corrected chi connectivity index (χ2v) is 7.84. The Morgan fingerprint density at radius 3 is 2.43 bits per heavy atom. The highest BCUT2D eigenvalue weighted by Gasteiger charge is 2.28. The van der Waals surface area contributed by atoms with Gasteiger partial charge in [0.15, 0.2) is 0 Å². The molecule has 3 rings (SSSR count). The van der Waals surface area contributed by atoms with E-state index >= 15 is 0 Å². The van der Waals surface area contributed by atoms with Gasteiger partial charge >= 0.3 is 0 Å². The summed E-state index contributed by atoms with van der Waals surface area (Å²) in [7, 11) is 1.80. The number of nitrogens with zero attached hydrogens (tertiary/aromatic N) is 2. The van der Waals surface area contributed by atoms with E-state index in [0.29, 0.717) is 44.1 Å². The van der Waals surface area contributed by atoms with Crippen LogP contribution in [0.1, 0.15) is 18.4 Å². The van der Waals surface area contributed by atoms with E-state index in [4.69, 9.17) is 16.3 Å². The van der Waals surface area contributed by atoms with Gasteiger partial charge in [-0.3, -0.25) is 9.59 Å². The number of hydrogen-bond donors (Lipinski definition) is 0. The average molecular weight is 427 g/mol. The minimum absolute atomic E-state index is 0.00512. The molecular formula is C24H27ClN2O3. The quantitative estimate of drug-likeness (QED) is 0.625. The van der Waals surface area contributed by atoms with E-state index in [1.807, 2.05) is 53.4 Å². The number of carbonyl (C=O) groups is 2. The number of hydrogen-bond acceptors (Lipinski definition) is 3. The van der Waals surface area contributed by atoms with Crippen molar-refractivity contribution in [2.45, 2.75) is 12.8 Å². The lowest BCUT2D eigenvalue weighted by Crippen LogP contribution is -2.43. The van der Waals surface area contributed by atoms with Crippen molar-refractivity contribution in [2.24, 2.45) is 5.92 Å². The van der Waals surface area contributed by atoms with Crippen LogP contribution >= 0.6 is 11.6 Å². The third-order valence-corrected chi connectivity index (χ3v) is 5.51. The molecule has 0 bridgehead atoms. The summed E-state index contributed by atoms with van der Waals surface area (Å²) in [6.45, 7) is 2.14. The number of likely N-dealkylation sites (tertiary alicyclic amines) is 1. The third-order valence-electron chi connectivity index (χ3n) is 5.26. The zero-order valence-corrected chi connectivity index (χ0v) is 17.9. The minimum atomic E-state index is -0.0484. The fraction of sp³-hybridized carbons (Fsp3) is 0.333. The van der Waals surface area contributed by atoms with Crippen LogP contribution in [0, 0.1) is 5.92 Å². The van der Waals surface area contributed by atoms with E-state index in [-0.39, 0.29) is 17.7 Å². The topological polar surface area (TPSA) is 49.9 Å². The predicted octanol–water partition coefficient (Wildman–Crippen LogP) is 4.13. The summed E-state index contributed by atoms with van der Waals surface area (Å²) in [5.41, 5.74) is 0.998. The first-order chi connectivity index (χ1) is 14.5. The normalized spacial score (nSPS) is 14.7. The Balaban J connectivity index is 1.40. The Kier molecular flexibility index (Phi) is 7.91. The van der Waals surface area contributed by atoms with Crippen molar-refractivity contribution in [3.05, 3.63) is 71.3 Å². The van der Waals surface area contributed by atoms with Crippen LogP contribution in [-0.4, -0.2) is 54.9 Å². The van der Waals surface area contributed by atoms with E-state index < -0.39 is 0 Å². The van der Waals surface area contributed by atoms with Crippen LogP contribution in [-0.2, 0) is 9.59 Å². The van der Waals surface area contributed by atoms with E-state index in [2.05, 4.69) is 0 Å². The zero-order chi connectivity index (χ0) is 21.3. The van der Waals surface area contributed by atoms with Gasteiger partial charge in [0, 0.05) is 37.2 Å². The molecule has 2 amide bonds. The molecule has 158 valence electrons. The lowest BCUT2D eigenvalue weighted by Gasteiger charge is -2.32. The molecule has 1 aliphatic heterocycles. The smallest absolute Gasteiger partial charge is 0.246 e. The van der Waals surface area contributed by atoms with Gasteiger partial charge in [-0.05, 0) is 48.7 Å². The lowest BCUT2D eigenvalue weighted by atomic mass is 9.95. The number of amides is 2. The molecule has 5 nitrogen and oxygen atoms in total. The van der Waals surface area contributed by atoms with Crippen molar-refractivity contribution >= 4 is 29.5 Å². The molecule has 0 N–H and O–H groups in total. The molecule has 0 atom stereocenters. The number of benzene rings is 2. The van der Waals surface area contributed by atoms with Gasteiger partial charge in [0.2, 0.25) is 11.8 Å². The number of likely N-dealkylation sites (N-methyl/N-ethyl adjacent to an activating group) is 1. The number of carbonyl (C=O) groups excluding carboxylic acids is 2. The predicted molar refractivity (Wildman–Crippen MR) is 119 cm³/mol. The van der Waals surface area contributed by atoms with Crippen molar-refractivity contribution in [2.75, 3.05) is 33.3 Å². The molecule has 0 radical (unpaired) electrons. The van der Waals surface area contributed by atoms with Gasteiger partial charge in [-0.2, -0.15) is 0 Å². The van der Waals surface area contributed by atoms with Crippen molar-refractivity contribution in [3.63, 3.8) is 0 Å². The molecule has 6 heteroatoms. The standard InChI is InChI=1S/C24H27ClN2O3/c1-26(17-18-30-22-10-8-21(25)9-11-22)24(29)20-13-15-27(16-14-20)23(28)12-7-19-5-3-2-4-6-19/h2-12,20H,13-18H2,1H3/b12-7+. The van der Waals surface area contributed by atoms with E-state index in [0.717, 1.165) is 11.3 Å². The lowest BCUT2D eigenvalue weighted by molar-refractivity contribution is -0.138. The summed E-state index contributed by atoms with van der Waals surface area (Å²) in [5, 5.41) is 0.662. The second-order valence-electron chi connectivity index (χ2n) is 7.41. The first-order valence-electron chi connectivity index (χ1n) is 10.2. The van der Waals surface area contributed by atoms with Gasteiger partial charge in [0.25, 0.3) is 0 Å². The van der Waals surface area contributed by atoms with Gasteiger partial charge < -0.3 is 14.5 Å².